The van der Waals surface area contributed by atoms with Crippen LogP contribution in [0.3, 0.4) is 0 Å². The summed E-state index contributed by atoms with van der Waals surface area (Å²) in [6.07, 6.45) is -4.42. The van der Waals surface area contributed by atoms with Crippen LogP contribution in [0.4, 0.5) is 24.5 Å². The third kappa shape index (κ3) is 3.87. The van der Waals surface area contributed by atoms with Crippen LogP contribution in [0, 0.1) is 0 Å². The van der Waals surface area contributed by atoms with Crippen molar-refractivity contribution in [1.29, 1.82) is 0 Å². The minimum absolute atomic E-state index is 0.186. The van der Waals surface area contributed by atoms with Crippen molar-refractivity contribution in [2.24, 2.45) is 0 Å². The lowest BCUT2D eigenvalue weighted by Gasteiger charge is -2.25. The van der Waals surface area contributed by atoms with Gasteiger partial charge >= 0.3 is 6.18 Å². The van der Waals surface area contributed by atoms with E-state index in [-0.39, 0.29) is 5.69 Å². The molecule has 1 aromatic rings. The van der Waals surface area contributed by atoms with Gasteiger partial charge in [-0.05, 0) is 32.0 Å². The van der Waals surface area contributed by atoms with Crippen molar-refractivity contribution in [3.8, 4) is 0 Å². The average Bonchev–Trinajstić information content (AvgIpc) is 2.30. The van der Waals surface area contributed by atoms with Crippen LogP contribution in [0.25, 0.3) is 0 Å². The first-order chi connectivity index (χ1) is 8.79. The summed E-state index contributed by atoms with van der Waals surface area (Å²) in [6, 6.07) is 3.38. The Morgan fingerprint density at radius 2 is 1.84 bits per heavy atom. The SMILES string of the molecule is CCN(CC)c1ccc(C(F)(F)F)cc1NC(C)=O. The van der Waals surface area contributed by atoms with E-state index in [1.807, 2.05) is 18.7 Å². The number of carbonyl (C=O) groups excluding carboxylic acids is 1. The van der Waals surface area contributed by atoms with Gasteiger partial charge < -0.3 is 10.2 Å². The maximum atomic E-state index is 12.7. The molecule has 0 aliphatic rings. The molecule has 0 radical (unpaired) electrons. The van der Waals surface area contributed by atoms with Gasteiger partial charge in [0.05, 0.1) is 16.9 Å². The van der Waals surface area contributed by atoms with E-state index < -0.39 is 17.6 Å². The fourth-order valence-electron chi connectivity index (χ4n) is 1.84. The van der Waals surface area contributed by atoms with Crippen molar-refractivity contribution in [3.63, 3.8) is 0 Å². The van der Waals surface area contributed by atoms with E-state index in [4.69, 9.17) is 0 Å². The van der Waals surface area contributed by atoms with E-state index >= 15 is 0 Å². The Morgan fingerprint density at radius 3 is 2.26 bits per heavy atom. The van der Waals surface area contributed by atoms with Gasteiger partial charge in [0.1, 0.15) is 0 Å². The maximum absolute atomic E-state index is 12.7. The first-order valence-electron chi connectivity index (χ1n) is 6.03. The maximum Gasteiger partial charge on any atom is 0.416 e. The number of nitrogens with one attached hydrogen (secondary N) is 1. The molecule has 106 valence electrons. The summed E-state index contributed by atoms with van der Waals surface area (Å²) < 4.78 is 38.0. The smallest absolute Gasteiger partial charge is 0.370 e. The summed E-state index contributed by atoms with van der Waals surface area (Å²) >= 11 is 0. The molecule has 0 saturated carbocycles. The predicted octanol–water partition coefficient (Wildman–Crippen LogP) is 3.51. The molecule has 1 aromatic carbocycles. The monoisotopic (exact) mass is 274 g/mol. The van der Waals surface area contributed by atoms with E-state index in [2.05, 4.69) is 5.32 Å². The number of anilines is 2. The number of carbonyl (C=O) groups is 1. The molecule has 0 unspecified atom stereocenters. The molecule has 6 heteroatoms. The zero-order valence-electron chi connectivity index (χ0n) is 11.1. The van der Waals surface area contributed by atoms with Crippen LogP contribution in [-0.2, 0) is 11.0 Å². The molecule has 0 saturated heterocycles. The van der Waals surface area contributed by atoms with E-state index in [1.165, 1.54) is 13.0 Å². The minimum atomic E-state index is -4.42. The predicted molar refractivity (Wildman–Crippen MR) is 69.3 cm³/mol. The number of alkyl halides is 3. The van der Waals surface area contributed by atoms with Gasteiger partial charge in [0.2, 0.25) is 5.91 Å². The molecule has 0 fully saturated rings. The molecular formula is C13H17F3N2O. The lowest BCUT2D eigenvalue weighted by molar-refractivity contribution is -0.137. The Balaban J connectivity index is 3.27. The van der Waals surface area contributed by atoms with E-state index in [9.17, 15) is 18.0 Å². The van der Waals surface area contributed by atoms with Gasteiger partial charge in [-0.15, -0.1) is 0 Å². The van der Waals surface area contributed by atoms with Crippen molar-refractivity contribution >= 4 is 17.3 Å². The zero-order chi connectivity index (χ0) is 14.6. The second kappa shape index (κ2) is 5.95. The van der Waals surface area contributed by atoms with Gasteiger partial charge in [-0.25, -0.2) is 0 Å². The summed E-state index contributed by atoms with van der Waals surface area (Å²) in [5.74, 6) is -0.396. The topological polar surface area (TPSA) is 32.3 Å². The Bertz CT molecular complexity index is 454. The molecule has 0 aliphatic carbocycles. The molecule has 1 rings (SSSR count). The molecule has 0 aliphatic heterocycles. The minimum Gasteiger partial charge on any atom is -0.370 e. The van der Waals surface area contributed by atoms with E-state index in [0.717, 1.165) is 12.1 Å². The number of rotatable bonds is 4. The van der Waals surface area contributed by atoms with E-state index in [1.54, 1.807) is 0 Å². The third-order valence-corrected chi connectivity index (χ3v) is 2.74. The normalized spacial score (nSPS) is 11.3. The number of benzene rings is 1. The number of amides is 1. The highest BCUT2D eigenvalue weighted by Crippen LogP contribution is 2.35. The highest BCUT2D eigenvalue weighted by atomic mass is 19.4. The van der Waals surface area contributed by atoms with Crippen LogP contribution in [0.15, 0.2) is 18.2 Å². The molecule has 0 atom stereocenters. The first-order valence-corrected chi connectivity index (χ1v) is 6.03. The molecule has 19 heavy (non-hydrogen) atoms. The van der Waals surface area contributed by atoms with Crippen molar-refractivity contribution < 1.29 is 18.0 Å². The van der Waals surface area contributed by atoms with Gasteiger partial charge in [0.25, 0.3) is 0 Å². The Labute approximate surface area is 110 Å². The molecule has 3 nitrogen and oxygen atoms in total. The number of halogens is 3. The molecule has 1 N–H and O–H groups in total. The lowest BCUT2D eigenvalue weighted by atomic mass is 10.1. The van der Waals surface area contributed by atoms with Crippen LogP contribution < -0.4 is 10.2 Å². The van der Waals surface area contributed by atoms with Crippen molar-refractivity contribution in [2.45, 2.75) is 26.9 Å². The fraction of sp³-hybridized carbons (Fsp3) is 0.462. The summed E-state index contributed by atoms with van der Waals surface area (Å²) in [5.41, 5.74) is 0.00591. The Kier molecular flexibility index (Phi) is 4.80. The van der Waals surface area contributed by atoms with E-state index in [0.29, 0.717) is 18.8 Å². The van der Waals surface area contributed by atoms with Crippen LogP contribution >= 0.6 is 0 Å². The third-order valence-electron chi connectivity index (χ3n) is 2.74. The molecule has 0 aromatic heterocycles. The summed E-state index contributed by atoms with van der Waals surface area (Å²) in [6.45, 7) is 6.37. The molecule has 0 spiro atoms. The Hall–Kier alpha value is -1.72. The second-order valence-corrected chi connectivity index (χ2v) is 4.08. The van der Waals surface area contributed by atoms with Crippen LogP contribution in [0.5, 0.6) is 0 Å². The van der Waals surface area contributed by atoms with Gasteiger partial charge in [-0.2, -0.15) is 13.2 Å². The second-order valence-electron chi connectivity index (χ2n) is 4.08. The Morgan fingerprint density at radius 1 is 1.26 bits per heavy atom. The van der Waals surface area contributed by atoms with Gasteiger partial charge in [0, 0.05) is 20.0 Å². The van der Waals surface area contributed by atoms with Gasteiger partial charge in [-0.3, -0.25) is 4.79 Å². The summed E-state index contributed by atoms with van der Waals surface area (Å²) in [7, 11) is 0. The molecule has 0 bridgehead atoms. The standard InChI is InChI=1S/C13H17F3N2O/c1-4-18(5-2)12-7-6-10(13(14,15)16)8-11(12)17-9(3)19/h6-8H,4-5H2,1-3H3,(H,17,19). The average molecular weight is 274 g/mol. The fourth-order valence-corrected chi connectivity index (χ4v) is 1.84. The van der Waals surface area contributed by atoms with Crippen molar-refractivity contribution in [1.82, 2.24) is 0 Å². The highest BCUT2D eigenvalue weighted by molar-refractivity contribution is 5.93. The number of nitrogens with zero attached hydrogens (tertiary/aromatic N) is 1. The molecule has 1 amide bonds. The summed E-state index contributed by atoms with van der Waals surface area (Å²) in [5, 5.41) is 2.45. The molecule has 0 heterocycles. The van der Waals surface area contributed by atoms with Gasteiger partial charge in [-0.1, -0.05) is 0 Å². The highest BCUT2D eigenvalue weighted by Gasteiger charge is 2.31. The summed E-state index contributed by atoms with van der Waals surface area (Å²) in [4.78, 5) is 13.0. The van der Waals surface area contributed by atoms with Crippen molar-refractivity contribution in [2.75, 3.05) is 23.3 Å². The van der Waals surface area contributed by atoms with Crippen LogP contribution in [0.1, 0.15) is 26.3 Å². The van der Waals surface area contributed by atoms with Crippen molar-refractivity contribution in [3.05, 3.63) is 23.8 Å². The quantitative estimate of drug-likeness (QED) is 0.911. The van der Waals surface area contributed by atoms with Crippen LogP contribution in [0.2, 0.25) is 0 Å². The lowest BCUT2D eigenvalue weighted by Crippen LogP contribution is -2.24. The number of hydrogen-bond donors (Lipinski definition) is 1. The molecular weight excluding hydrogens is 257 g/mol. The first kappa shape index (κ1) is 15.3. The van der Waals surface area contributed by atoms with Crippen LogP contribution in [-0.4, -0.2) is 19.0 Å². The number of hydrogen-bond acceptors (Lipinski definition) is 2. The van der Waals surface area contributed by atoms with Gasteiger partial charge in [0.15, 0.2) is 0 Å². The largest absolute Gasteiger partial charge is 0.416 e. The zero-order valence-corrected chi connectivity index (χ0v) is 11.1.